The van der Waals surface area contributed by atoms with E-state index < -0.39 is 0 Å². The lowest BCUT2D eigenvalue weighted by Gasteiger charge is -2.20. The summed E-state index contributed by atoms with van der Waals surface area (Å²) in [5.41, 5.74) is 1.23. The average Bonchev–Trinajstić information content (AvgIpc) is 3.52. The Morgan fingerprint density at radius 2 is 2.18 bits per heavy atom. The van der Waals surface area contributed by atoms with Crippen molar-refractivity contribution >= 4 is 17.2 Å². The van der Waals surface area contributed by atoms with Crippen molar-refractivity contribution in [3.63, 3.8) is 0 Å². The summed E-state index contributed by atoms with van der Waals surface area (Å²) >= 11 is 1.58. The number of methoxy groups -OCH3 is 1. The predicted molar refractivity (Wildman–Crippen MR) is 118 cm³/mol. The third-order valence-electron chi connectivity index (χ3n) is 5.62. The zero-order valence-electron chi connectivity index (χ0n) is 18.4. The fourth-order valence-electron chi connectivity index (χ4n) is 4.02. The van der Waals surface area contributed by atoms with Crippen LogP contribution >= 0.6 is 11.3 Å². The number of rotatable bonds is 3. The van der Waals surface area contributed by atoms with E-state index in [4.69, 9.17) is 14.2 Å². The molecule has 33 heavy (non-hydrogen) atoms. The van der Waals surface area contributed by atoms with Gasteiger partial charge in [-0.05, 0) is 25.1 Å². The van der Waals surface area contributed by atoms with Gasteiger partial charge in [0, 0.05) is 18.7 Å². The van der Waals surface area contributed by atoms with Crippen molar-refractivity contribution < 1.29 is 19.0 Å². The second kappa shape index (κ2) is 9.41. The second-order valence-corrected chi connectivity index (χ2v) is 9.29. The second-order valence-electron chi connectivity index (χ2n) is 8.03. The average molecular weight is 472 g/mol. The van der Waals surface area contributed by atoms with Crippen LogP contribution in [0.3, 0.4) is 0 Å². The van der Waals surface area contributed by atoms with E-state index in [9.17, 15) is 4.79 Å². The molecule has 2 aliphatic heterocycles. The smallest absolute Gasteiger partial charge is 0.251 e. The van der Waals surface area contributed by atoms with Gasteiger partial charge >= 0.3 is 0 Å². The molecule has 174 valence electrons. The van der Waals surface area contributed by atoms with E-state index in [0.717, 1.165) is 15.7 Å². The van der Waals surface area contributed by atoms with Gasteiger partial charge in [0.2, 0.25) is 0 Å². The van der Waals surface area contributed by atoms with Crippen molar-refractivity contribution in [2.24, 2.45) is 0 Å². The van der Waals surface area contributed by atoms with Gasteiger partial charge in [-0.15, -0.1) is 26.6 Å². The first-order chi connectivity index (χ1) is 16.1. The van der Waals surface area contributed by atoms with Crippen LogP contribution in [0.2, 0.25) is 0 Å². The molecule has 0 unspecified atom stereocenters. The number of amides is 1. The minimum absolute atomic E-state index is 0.186. The van der Waals surface area contributed by atoms with Gasteiger partial charge in [-0.25, -0.2) is 4.68 Å². The standard InChI is InChI=1S/C21H25N7O4S/c1-13-23-25-20(33-13)11-27-9-16-19(10-27)32-12-15-8-28(26-24-15)5-6-31-18-7-14(21(29)22-16)3-4-17(18)30-2/h3-4,7-8,16,19H,5-6,9-12H2,1-2H3,(H,22,29)/t16-,19-/m0/s1. The molecule has 1 saturated heterocycles. The van der Waals surface area contributed by atoms with Gasteiger partial charge in [-0.1, -0.05) is 5.21 Å². The van der Waals surface area contributed by atoms with E-state index >= 15 is 0 Å². The van der Waals surface area contributed by atoms with Gasteiger partial charge in [0.25, 0.3) is 5.91 Å². The van der Waals surface area contributed by atoms with E-state index in [2.05, 4.69) is 30.7 Å². The van der Waals surface area contributed by atoms with E-state index in [1.54, 1.807) is 41.3 Å². The van der Waals surface area contributed by atoms with Gasteiger partial charge in [-0.2, -0.15) is 0 Å². The lowest BCUT2D eigenvalue weighted by atomic mass is 10.1. The highest BCUT2D eigenvalue weighted by Crippen LogP contribution is 2.28. The molecule has 0 aliphatic carbocycles. The molecular formula is C21H25N7O4S. The number of carbonyl (C=O) groups excluding carboxylic acids is 1. The number of benzene rings is 1. The Morgan fingerprint density at radius 3 is 3.00 bits per heavy atom. The third kappa shape index (κ3) is 4.97. The molecule has 5 rings (SSSR count). The number of hydrogen-bond donors (Lipinski definition) is 1. The largest absolute Gasteiger partial charge is 0.493 e. The molecular weight excluding hydrogens is 446 g/mol. The Morgan fingerprint density at radius 1 is 1.27 bits per heavy atom. The molecule has 2 atom stereocenters. The Labute approximate surface area is 194 Å². The number of fused-ring (bicyclic) bond motifs is 5. The van der Waals surface area contributed by atoms with Gasteiger partial charge in [-0.3, -0.25) is 9.69 Å². The fraction of sp³-hybridized carbons (Fsp3) is 0.476. The van der Waals surface area contributed by atoms with Crippen molar-refractivity contribution in [3.8, 4) is 11.5 Å². The summed E-state index contributed by atoms with van der Waals surface area (Å²) in [6.45, 7) is 5.08. The maximum atomic E-state index is 13.1. The monoisotopic (exact) mass is 471 g/mol. The number of ether oxygens (including phenoxy) is 3. The highest BCUT2D eigenvalue weighted by Gasteiger charge is 2.35. The Bertz CT molecular complexity index is 1130. The SMILES string of the molecule is COc1ccc2cc1OCCn1cc(nn1)CO[C@H]1CN(Cc3nnc(C)s3)C[C@@H]1NC2=O. The number of carbonyl (C=O) groups is 1. The van der Waals surface area contributed by atoms with Crippen LogP contribution in [0, 0.1) is 6.92 Å². The minimum Gasteiger partial charge on any atom is -0.493 e. The first kappa shape index (κ1) is 21.7. The Kier molecular flexibility index (Phi) is 6.20. The molecule has 1 aromatic carbocycles. The molecule has 0 radical (unpaired) electrons. The van der Waals surface area contributed by atoms with Crippen LogP contribution in [0.5, 0.6) is 11.5 Å². The van der Waals surface area contributed by atoms with Gasteiger partial charge in [0.15, 0.2) is 11.5 Å². The molecule has 0 spiro atoms. The number of nitrogens with one attached hydrogen (secondary N) is 1. The number of nitrogens with zero attached hydrogens (tertiary/aromatic N) is 6. The summed E-state index contributed by atoms with van der Waals surface area (Å²) in [7, 11) is 1.57. The summed E-state index contributed by atoms with van der Waals surface area (Å²) in [5, 5.41) is 21.7. The van der Waals surface area contributed by atoms with Crippen LogP contribution in [0.15, 0.2) is 24.4 Å². The Balaban J connectivity index is 1.39. The predicted octanol–water partition coefficient (Wildman–Crippen LogP) is 1.04. The first-order valence-electron chi connectivity index (χ1n) is 10.7. The zero-order chi connectivity index (χ0) is 22.8. The highest BCUT2D eigenvalue weighted by atomic mass is 32.1. The van der Waals surface area contributed by atoms with Crippen LogP contribution in [0.1, 0.15) is 26.1 Å². The first-order valence-corrected chi connectivity index (χ1v) is 11.5. The van der Waals surface area contributed by atoms with Crippen LogP contribution < -0.4 is 14.8 Å². The van der Waals surface area contributed by atoms with Crippen molar-refractivity contribution in [1.82, 2.24) is 35.4 Å². The van der Waals surface area contributed by atoms with Crippen LogP contribution in [-0.2, 0) is 24.4 Å². The lowest BCUT2D eigenvalue weighted by Crippen LogP contribution is -2.44. The number of likely N-dealkylation sites (tertiary alicyclic amines) is 1. The van der Waals surface area contributed by atoms with E-state index in [1.165, 1.54) is 0 Å². The van der Waals surface area contributed by atoms with Crippen molar-refractivity contribution in [2.45, 2.75) is 38.8 Å². The summed E-state index contributed by atoms with van der Waals surface area (Å²) in [4.78, 5) is 15.3. The molecule has 0 saturated carbocycles. The topological polar surface area (TPSA) is 117 Å². The molecule has 1 fully saturated rings. The number of aryl methyl sites for hydroxylation is 1. The molecule has 4 heterocycles. The quantitative estimate of drug-likeness (QED) is 0.598. The highest BCUT2D eigenvalue weighted by molar-refractivity contribution is 7.11. The molecule has 1 amide bonds. The lowest BCUT2D eigenvalue weighted by molar-refractivity contribution is 0.0293. The molecule has 2 aromatic heterocycles. The maximum absolute atomic E-state index is 13.1. The summed E-state index contributed by atoms with van der Waals surface area (Å²) in [6.07, 6.45) is 1.65. The van der Waals surface area contributed by atoms with Crippen molar-refractivity contribution in [2.75, 3.05) is 26.8 Å². The normalized spacial score (nSPS) is 21.5. The van der Waals surface area contributed by atoms with Gasteiger partial charge in [0.1, 0.15) is 22.3 Å². The summed E-state index contributed by atoms with van der Waals surface area (Å²) in [5.74, 6) is 0.886. The Hall–Kier alpha value is -3.09. The molecule has 1 N–H and O–H groups in total. The van der Waals surface area contributed by atoms with E-state index in [-0.39, 0.29) is 18.1 Å². The summed E-state index contributed by atoms with van der Waals surface area (Å²) in [6, 6.07) is 4.98. The fourth-order valence-corrected chi connectivity index (χ4v) is 4.77. The van der Waals surface area contributed by atoms with E-state index in [0.29, 0.717) is 56.5 Å². The molecule has 12 heteroatoms. The molecule has 11 nitrogen and oxygen atoms in total. The third-order valence-corrected chi connectivity index (χ3v) is 6.44. The number of hydrogen-bond acceptors (Lipinski definition) is 10. The van der Waals surface area contributed by atoms with Gasteiger partial charge in [0.05, 0.1) is 45.1 Å². The molecule has 4 bridgehead atoms. The van der Waals surface area contributed by atoms with Crippen molar-refractivity contribution in [3.05, 3.63) is 45.7 Å². The zero-order valence-corrected chi connectivity index (χ0v) is 19.2. The summed E-state index contributed by atoms with van der Waals surface area (Å²) < 4.78 is 19.2. The van der Waals surface area contributed by atoms with Crippen LogP contribution in [0.25, 0.3) is 0 Å². The van der Waals surface area contributed by atoms with E-state index in [1.807, 2.05) is 13.1 Å². The van der Waals surface area contributed by atoms with Gasteiger partial charge < -0.3 is 19.5 Å². The molecule has 3 aromatic rings. The van der Waals surface area contributed by atoms with Crippen LogP contribution in [0.4, 0.5) is 0 Å². The van der Waals surface area contributed by atoms with Crippen molar-refractivity contribution in [1.29, 1.82) is 0 Å². The number of aromatic nitrogens is 5. The van der Waals surface area contributed by atoms with Crippen LogP contribution in [-0.4, -0.2) is 75.0 Å². The maximum Gasteiger partial charge on any atom is 0.251 e. The molecule has 2 aliphatic rings. The minimum atomic E-state index is -0.202.